The van der Waals surface area contributed by atoms with Crippen LogP contribution >= 0.6 is 0 Å². The minimum atomic E-state index is 0.0158. The number of nitrogens with zero attached hydrogens (tertiary/aromatic N) is 1. The van der Waals surface area contributed by atoms with E-state index in [9.17, 15) is 5.11 Å². The zero-order valence-electron chi connectivity index (χ0n) is 11.8. The molecule has 0 radical (unpaired) electrons. The van der Waals surface area contributed by atoms with Gasteiger partial charge in [-0.05, 0) is 31.8 Å². The van der Waals surface area contributed by atoms with E-state index < -0.39 is 0 Å². The largest absolute Gasteiger partial charge is 0.394 e. The Balaban J connectivity index is 2.41. The second kappa shape index (κ2) is 7.34. The van der Waals surface area contributed by atoms with Crippen LogP contribution in [0.3, 0.4) is 0 Å². The maximum absolute atomic E-state index is 9.72. The van der Waals surface area contributed by atoms with Gasteiger partial charge in [0, 0.05) is 18.6 Å². The first-order valence-electron chi connectivity index (χ1n) is 7.30. The summed E-state index contributed by atoms with van der Waals surface area (Å²) in [7, 11) is 0. The molecule has 102 valence electrons. The Hall–Kier alpha value is -0.120. The van der Waals surface area contributed by atoms with E-state index in [2.05, 4.69) is 31.0 Å². The number of hydrogen-bond donors (Lipinski definition) is 2. The van der Waals surface area contributed by atoms with E-state index in [1.807, 2.05) is 0 Å². The van der Waals surface area contributed by atoms with E-state index in [0.29, 0.717) is 12.5 Å². The Kier molecular flexibility index (Phi) is 6.45. The summed E-state index contributed by atoms with van der Waals surface area (Å²) >= 11 is 0. The summed E-state index contributed by atoms with van der Waals surface area (Å²) in [4.78, 5) is 2.42. The van der Waals surface area contributed by atoms with Gasteiger partial charge in [-0.3, -0.25) is 0 Å². The monoisotopic (exact) mass is 242 g/mol. The molecular weight excluding hydrogens is 212 g/mol. The Morgan fingerprint density at radius 3 is 2.53 bits per heavy atom. The Labute approximate surface area is 107 Å². The topological polar surface area (TPSA) is 35.5 Å². The smallest absolute Gasteiger partial charge is 0.0616 e. The number of hydrogen-bond acceptors (Lipinski definition) is 3. The zero-order chi connectivity index (χ0) is 12.7. The Morgan fingerprint density at radius 1 is 1.29 bits per heavy atom. The van der Waals surface area contributed by atoms with Gasteiger partial charge in [-0.2, -0.15) is 0 Å². The van der Waals surface area contributed by atoms with E-state index in [4.69, 9.17) is 0 Å². The molecule has 0 saturated heterocycles. The van der Waals surface area contributed by atoms with Gasteiger partial charge in [0.25, 0.3) is 0 Å². The summed E-state index contributed by atoms with van der Waals surface area (Å²) in [6, 6.07) is 0. The van der Waals surface area contributed by atoms with Crippen LogP contribution in [0.2, 0.25) is 0 Å². The summed E-state index contributed by atoms with van der Waals surface area (Å²) in [5, 5.41) is 13.4. The molecule has 0 aromatic carbocycles. The van der Waals surface area contributed by atoms with Crippen LogP contribution in [0.15, 0.2) is 0 Å². The SMILES string of the molecule is CCC1CCCC1(CO)NCCN(CC)CC. The standard InChI is InChI=1S/C14H30N2O/c1-4-13-8-7-9-14(13,12-17)15-10-11-16(5-2)6-3/h13,15,17H,4-12H2,1-3H3. The number of nitrogens with one attached hydrogen (secondary N) is 1. The summed E-state index contributed by atoms with van der Waals surface area (Å²) in [5.41, 5.74) is 0.0158. The molecule has 1 rings (SSSR count). The fourth-order valence-electron chi connectivity index (χ4n) is 3.24. The predicted molar refractivity (Wildman–Crippen MR) is 73.2 cm³/mol. The lowest BCUT2D eigenvalue weighted by atomic mass is 9.86. The van der Waals surface area contributed by atoms with Gasteiger partial charge in [-0.15, -0.1) is 0 Å². The summed E-state index contributed by atoms with van der Waals surface area (Å²) in [5.74, 6) is 0.657. The maximum atomic E-state index is 9.72. The Morgan fingerprint density at radius 2 is 2.00 bits per heavy atom. The van der Waals surface area contributed by atoms with E-state index >= 15 is 0 Å². The van der Waals surface area contributed by atoms with Gasteiger partial charge in [0.15, 0.2) is 0 Å². The minimum Gasteiger partial charge on any atom is -0.394 e. The molecule has 2 N–H and O–H groups in total. The second-order valence-electron chi connectivity index (χ2n) is 5.27. The van der Waals surface area contributed by atoms with Crippen molar-refractivity contribution >= 4 is 0 Å². The third-order valence-electron chi connectivity index (χ3n) is 4.53. The van der Waals surface area contributed by atoms with Gasteiger partial charge in [-0.25, -0.2) is 0 Å². The van der Waals surface area contributed by atoms with Crippen molar-refractivity contribution in [3.8, 4) is 0 Å². The molecular formula is C14H30N2O. The van der Waals surface area contributed by atoms with Crippen molar-refractivity contribution in [2.24, 2.45) is 5.92 Å². The second-order valence-corrected chi connectivity index (χ2v) is 5.27. The van der Waals surface area contributed by atoms with Crippen LogP contribution in [0.1, 0.15) is 46.5 Å². The molecule has 0 amide bonds. The maximum Gasteiger partial charge on any atom is 0.0616 e. The summed E-state index contributed by atoms with van der Waals surface area (Å²) < 4.78 is 0. The number of aliphatic hydroxyl groups excluding tert-OH is 1. The fourth-order valence-corrected chi connectivity index (χ4v) is 3.24. The molecule has 1 aliphatic rings. The van der Waals surface area contributed by atoms with Crippen LogP contribution in [0.5, 0.6) is 0 Å². The normalized spacial score (nSPS) is 29.1. The molecule has 0 spiro atoms. The molecule has 1 saturated carbocycles. The molecule has 2 unspecified atom stereocenters. The first-order valence-corrected chi connectivity index (χ1v) is 7.30. The number of rotatable bonds is 8. The van der Waals surface area contributed by atoms with E-state index in [1.165, 1.54) is 19.3 Å². The Bertz CT molecular complexity index is 206. The third kappa shape index (κ3) is 3.67. The van der Waals surface area contributed by atoms with Crippen molar-refractivity contribution < 1.29 is 5.11 Å². The molecule has 0 heterocycles. The fraction of sp³-hybridized carbons (Fsp3) is 1.00. The van der Waals surface area contributed by atoms with Crippen LogP contribution in [-0.4, -0.2) is 48.3 Å². The van der Waals surface area contributed by atoms with Gasteiger partial charge in [0.1, 0.15) is 0 Å². The van der Waals surface area contributed by atoms with Gasteiger partial charge < -0.3 is 15.3 Å². The van der Waals surface area contributed by atoms with Crippen LogP contribution in [0.25, 0.3) is 0 Å². The molecule has 3 heteroatoms. The molecule has 17 heavy (non-hydrogen) atoms. The molecule has 0 bridgehead atoms. The van der Waals surface area contributed by atoms with Gasteiger partial charge >= 0.3 is 0 Å². The van der Waals surface area contributed by atoms with Crippen molar-refractivity contribution in [2.75, 3.05) is 32.8 Å². The highest BCUT2D eigenvalue weighted by molar-refractivity contribution is 4.98. The highest BCUT2D eigenvalue weighted by Gasteiger charge is 2.40. The predicted octanol–water partition coefficient (Wildman–Crippen LogP) is 1.86. The van der Waals surface area contributed by atoms with Crippen LogP contribution in [0, 0.1) is 5.92 Å². The average Bonchev–Trinajstić information content (AvgIpc) is 2.78. The van der Waals surface area contributed by atoms with Crippen molar-refractivity contribution in [3.63, 3.8) is 0 Å². The van der Waals surface area contributed by atoms with Crippen LogP contribution in [-0.2, 0) is 0 Å². The van der Waals surface area contributed by atoms with Crippen LogP contribution < -0.4 is 5.32 Å². The minimum absolute atomic E-state index is 0.0158. The first-order chi connectivity index (χ1) is 8.22. The van der Waals surface area contributed by atoms with E-state index in [1.54, 1.807) is 0 Å². The molecule has 2 atom stereocenters. The van der Waals surface area contributed by atoms with Gasteiger partial charge in [0.2, 0.25) is 0 Å². The van der Waals surface area contributed by atoms with Crippen molar-refractivity contribution in [2.45, 2.75) is 52.0 Å². The highest BCUT2D eigenvalue weighted by atomic mass is 16.3. The number of aliphatic hydroxyl groups is 1. The van der Waals surface area contributed by atoms with Crippen molar-refractivity contribution in [1.82, 2.24) is 10.2 Å². The third-order valence-corrected chi connectivity index (χ3v) is 4.53. The van der Waals surface area contributed by atoms with Crippen LogP contribution in [0.4, 0.5) is 0 Å². The molecule has 0 aliphatic heterocycles. The quantitative estimate of drug-likeness (QED) is 0.682. The summed E-state index contributed by atoms with van der Waals surface area (Å²) in [6.07, 6.45) is 4.85. The highest BCUT2D eigenvalue weighted by Crippen LogP contribution is 2.37. The van der Waals surface area contributed by atoms with Gasteiger partial charge in [-0.1, -0.05) is 33.6 Å². The lowest BCUT2D eigenvalue weighted by Crippen LogP contribution is -2.53. The van der Waals surface area contributed by atoms with Gasteiger partial charge in [0.05, 0.1) is 6.61 Å². The lowest BCUT2D eigenvalue weighted by molar-refractivity contribution is 0.117. The molecule has 3 nitrogen and oxygen atoms in total. The lowest BCUT2D eigenvalue weighted by Gasteiger charge is -2.35. The number of likely N-dealkylation sites (N-methyl/N-ethyl adjacent to an activating group) is 1. The molecule has 0 aromatic heterocycles. The summed E-state index contributed by atoms with van der Waals surface area (Å²) in [6.45, 7) is 11.3. The van der Waals surface area contributed by atoms with Crippen molar-refractivity contribution in [1.29, 1.82) is 0 Å². The first kappa shape index (κ1) is 14.9. The van der Waals surface area contributed by atoms with Crippen molar-refractivity contribution in [3.05, 3.63) is 0 Å². The molecule has 0 aromatic rings. The molecule has 1 fully saturated rings. The zero-order valence-corrected chi connectivity index (χ0v) is 11.8. The van der Waals surface area contributed by atoms with E-state index in [0.717, 1.165) is 32.6 Å². The molecule has 1 aliphatic carbocycles. The van der Waals surface area contributed by atoms with E-state index in [-0.39, 0.29) is 5.54 Å². The average molecular weight is 242 g/mol.